The van der Waals surface area contributed by atoms with Crippen molar-refractivity contribution in [3.05, 3.63) is 0 Å². The molecule has 1 amide bonds. The fraction of sp³-hybridized carbons (Fsp3) is 0.778. The average Bonchev–Trinajstić information content (AvgIpc) is 2.10. The number of hydrogen-bond donors (Lipinski definition) is 2. The second kappa shape index (κ2) is 8.50. The molecule has 0 aliphatic heterocycles. The summed E-state index contributed by atoms with van der Waals surface area (Å²) in [6, 6.07) is 0. The normalized spacial score (nSPS) is 9.79. The van der Waals surface area contributed by atoms with Crippen LogP contribution in [0, 0.1) is 0 Å². The molecule has 0 aromatic carbocycles. The Morgan fingerprint density at radius 1 is 1.00 bits per heavy atom. The summed E-state index contributed by atoms with van der Waals surface area (Å²) < 4.78 is 4.16. The van der Waals surface area contributed by atoms with Gasteiger partial charge in [0.25, 0.3) is 0 Å². The highest BCUT2D eigenvalue weighted by atomic mass is 16.6. The molecule has 5 nitrogen and oxygen atoms in total. The van der Waals surface area contributed by atoms with Crippen LogP contribution in [-0.4, -0.2) is 18.6 Å². The molecule has 0 unspecified atom stereocenters. The summed E-state index contributed by atoms with van der Waals surface area (Å²) >= 11 is 0. The Labute approximate surface area is 83.8 Å². The van der Waals surface area contributed by atoms with Crippen molar-refractivity contribution >= 4 is 12.1 Å². The fourth-order valence-electron chi connectivity index (χ4n) is 1.11. The number of carbonyl (C=O) groups is 2. The first kappa shape index (κ1) is 12.9. The molecule has 0 aromatic rings. The lowest BCUT2D eigenvalue weighted by Gasteiger charge is -2.00. The third kappa shape index (κ3) is 8.99. The van der Waals surface area contributed by atoms with E-state index < -0.39 is 12.1 Å². The van der Waals surface area contributed by atoms with Crippen LogP contribution in [0.4, 0.5) is 4.79 Å². The standard InChI is InChI=1S/C9H18N2O3/c10-7-5-3-1-2-4-6-8(12)14-9(11)13/h1-7,10H2,(H2,11,13). The van der Waals surface area contributed by atoms with Crippen LogP contribution < -0.4 is 11.5 Å². The van der Waals surface area contributed by atoms with Gasteiger partial charge in [-0.2, -0.15) is 0 Å². The van der Waals surface area contributed by atoms with E-state index in [1.54, 1.807) is 0 Å². The van der Waals surface area contributed by atoms with E-state index in [0.717, 1.165) is 32.1 Å². The van der Waals surface area contributed by atoms with Gasteiger partial charge < -0.3 is 16.2 Å². The molecule has 0 radical (unpaired) electrons. The molecule has 82 valence electrons. The number of carbonyl (C=O) groups excluding carboxylic acids is 2. The first-order valence-corrected chi connectivity index (χ1v) is 4.87. The van der Waals surface area contributed by atoms with Gasteiger partial charge in [0.1, 0.15) is 0 Å². The Kier molecular flexibility index (Phi) is 7.83. The highest BCUT2D eigenvalue weighted by molar-refractivity contribution is 5.83. The number of amides is 1. The molecule has 0 rings (SSSR count). The van der Waals surface area contributed by atoms with Gasteiger partial charge in [-0.3, -0.25) is 4.79 Å². The molecule has 0 aromatic heterocycles. The number of unbranched alkanes of at least 4 members (excludes halogenated alkanes) is 4. The molecule has 0 heterocycles. The number of hydrogen-bond acceptors (Lipinski definition) is 4. The maximum absolute atomic E-state index is 10.8. The van der Waals surface area contributed by atoms with Gasteiger partial charge in [-0.05, 0) is 19.4 Å². The lowest BCUT2D eigenvalue weighted by Crippen LogP contribution is -2.18. The highest BCUT2D eigenvalue weighted by Gasteiger charge is 2.05. The van der Waals surface area contributed by atoms with Crippen LogP contribution in [0.15, 0.2) is 0 Å². The summed E-state index contributed by atoms with van der Waals surface area (Å²) in [6.07, 6.45) is 4.07. The molecule has 0 spiro atoms. The van der Waals surface area contributed by atoms with Gasteiger partial charge >= 0.3 is 12.1 Å². The van der Waals surface area contributed by atoms with Crippen molar-refractivity contribution in [3.63, 3.8) is 0 Å². The minimum Gasteiger partial charge on any atom is -0.376 e. The van der Waals surface area contributed by atoms with Crippen molar-refractivity contribution in [3.8, 4) is 0 Å². The number of rotatable bonds is 7. The number of esters is 1. The van der Waals surface area contributed by atoms with Crippen molar-refractivity contribution < 1.29 is 14.3 Å². The van der Waals surface area contributed by atoms with E-state index in [0.29, 0.717) is 6.54 Å². The second-order valence-corrected chi connectivity index (χ2v) is 3.10. The largest absolute Gasteiger partial charge is 0.412 e. The van der Waals surface area contributed by atoms with E-state index >= 15 is 0 Å². The molecule has 0 saturated carbocycles. The van der Waals surface area contributed by atoms with Gasteiger partial charge in [-0.15, -0.1) is 0 Å². The maximum Gasteiger partial charge on any atom is 0.412 e. The van der Waals surface area contributed by atoms with Gasteiger partial charge in [0.05, 0.1) is 0 Å². The van der Waals surface area contributed by atoms with Crippen molar-refractivity contribution in [2.45, 2.75) is 38.5 Å². The summed E-state index contributed by atoms with van der Waals surface area (Å²) in [7, 11) is 0. The van der Waals surface area contributed by atoms with Gasteiger partial charge in [-0.1, -0.05) is 19.3 Å². The van der Waals surface area contributed by atoms with Crippen molar-refractivity contribution in [2.24, 2.45) is 11.5 Å². The van der Waals surface area contributed by atoms with Crippen LogP contribution in [-0.2, 0) is 9.53 Å². The van der Waals surface area contributed by atoms with E-state index in [4.69, 9.17) is 5.73 Å². The van der Waals surface area contributed by atoms with E-state index in [2.05, 4.69) is 10.5 Å². The lowest BCUT2D eigenvalue weighted by atomic mass is 10.1. The summed E-state index contributed by atoms with van der Waals surface area (Å²) in [6.45, 7) is 0.712. The Morgan fingerprint density at radius 3 is 2.14 bits per heavy atom. The SMILES string of the molecule is NCCCCCCCC(=O)OC(N)=O. The Morgan fingerprint density at radius 2 is 1.57 bits per heavy atom. The zero-order valence-corrected chi connectivity index (χ0v) is 8.33. The van der Waals surface area contributed by atoms with Crippen molar-refractivity contribution in [2.75, 3.05) is 6.54 Å². The smallest absolute Gasteiger partial charge is 0.376 e. The minimum atomic E-state index is -1.03. The molecule has 0 bridgehead atoms. The highest BCUT2D eigenvalue weighted by Crippen LogP contribution is 2.05. The Balaban J connectivity index is 3.19. The fourth-order valence-corrected chi connectivity index (χ4v) is 1.11. The van der Waals surface area contributed by atoms with Gasteiger partial charge in [0.15, 0.2) is 0 Å². The molecule has 4 N–H and O–H groups in total. The average molecular weight is 202 g/mol. The van der Waals surface area contributed by atoms with Crippen LogP contribution >= 0.6 is 0 Å². The van der Waals surface area contributed by atoms with E-state index in [1.165, 1.54) is 0 Å². The Bertz CT molecular complexity index is 183. The topological polar surface area (TPSA) is 95.4 Å². The predicted molar refractivity (Wildman–Crippen MR) is 52.4 cm³/mol. The second-order valence-electron chi connectivity index (χ2n) is 3.10. The third-order valence-corrected chi connectivity index (χ3v) is 1.80. The van der Waals surface area contributed by atoms with E-state index in [1.807, 2.05) is 0 Å². The minimum absolute atomic E-state index is 0.256. The lowest BCUT2D eigenvalue weighted by molar-refractivity contribution is -0.137. The van der Waals surface area contributed by atoms with Crippen LogP contribution in [0.1, 0.15) is 38.5 Å². The molecule has 0 aliphatic carbocycles. The molecule has 14 heavy (non-hydrogen) atoms. The monoisotopic (exact) mass is 202 g/mol. The zero-order chi connectivity index (χ0) is 10.8. The first-order chi connectivity index (χ1) is 6.66. The van der Waals surface area contributed by atoms with Gasteiger partial charge in [0, 0.05) is 6.42 Å². The molecule has 0 atom stereocenters. The van der Waals surface area contributed by atoms with Crippen LogP contribution in [0.5, 0.6) is 0 Å². The zero-order valence-electron chi connectivity index (χ0n) is 8.33. The Hall–Kier alpha value is -1.10. The summed E-state index contributed by atoms with van der Waals surface area (Å²) in [5.41, 5.74) is 9.99. The molecule has 0 fully saturated rings. The van der Waals surface area contributed by atoms with E-state index in [-0.39, 0.29) is 6.42 Å². The number of ether oxygens (including phenoxy) is 1. The summed E-state index contributed by atoms with van der Waals surface area (Å²) in [5, 5.41) is 0. The van der Waals surface area contributed by atoms with Crippen LogP contribution in [0.2, 0.25) is 0 Å². The van der Waals surface area contributed by atoms with Crippen LogP contribution in [0.3, 0.4) is 0 Å². The van der Waals surface area contributed by atoms with Gasteiger partial charge in [-0.25, -0.2) is 4.79 Å². The van der Waals surface area contributed by atoms with Crippen molar-refractivity contribution in [1.82, 2.24) is 0 Å². The summed E-state index contributed by atoms with van der Waals surface area (Å²) in [5.74, 6) is -0.545. The predicted octanol–water partition coefficient (Wildman–Crippen LogP) is 0.908. The summed E-state index contributed by atoms with van der Waals surface area (Å²) in [4.78, 5) is 20.9. The molecule has 5 heteroatoms. The first-order valence-electron chi connectivity index (χ1n) is 4.87. The quantitative estimate of drug-likeness (QED) is 0.364. The van der Waals surface area contributed by atoms with Gasteiger partial charge in [0.2, 0.25) is 0 Å². The molecular formula is C9H18N2O3. The van der Waals surface area contributed by atoms with Crippen molar-refractivity contribution in [1.29, 1.82) is 0 Å². The molecule has 0 aliphatic rings. The maximum atomic E-state index is 10.8. The number of primary amides is 1. The number of nitrogens with two attached hydrogens (primary N) is 2. The molecule has 0 saturated heterocycles. The van der Waals surface area contributed by atoms with E-state index in [9.17, 15) is 9.59 Å². The third-order valence-electron chi connectivity index (χ3n) is 1.80. The van der Waals surface area contributed by atoms with Crippen LogP contribution in [0.25, 0.3) is 0 Å². The molecular weight excluding hydrogens is 184 g/mol.